The van der Waals surface area contributed by atoms with Crippen molar-refractivity contribution >= 4 is 0 Å². The summed E-state index contributed by atoms with van der Waals surface area (Å²) in [4.78, 5) is 12.1. The molecule has 0 aliphatic rings. The first-order valence-electron chi connectivity index (χ1n) is 8.36. The van der Waals surface area contributed by atoms with E-state index < -0.39 is 5.76 Å². The molecule has 0 amide bonds. The van der Waals surface area contributed by atoms with E-state index in [2.05, 4.69) is 15.4 Å². The first-order chi connectivity index (χ1) is 13.1. The number of rotatable bonds is 5. The fourth-order valence-corrected chi connectivity index (χ4v) is 2.66. The maximum atomic E-state index is 13.7. The van der Waals surface area contributed by atoms with Gasteiger partial charge in [-0.05, 0) is 25.1 Å². The third-order valence-electron chi connectivity index (χ3n) is 4.09. The molecule has 0 aliphatic carbocycles. The second kappa shape index (κ2) is 6.99. The Morgan fingerprint density at radius 1 is 1.07 bits per heavy atom. The molecule has 2 aromatic carbocycles. The van der Waals surface area contributed by atoms with Crippen LogP contribution in [0.15, 0.2) is 63.9 Å². The predicted octanol–water partition coefficient (Wildman–Crippen LogP) is 2.64. The molecule has 0 N–H and O–H groups in total. The largest absolute Gasteiger partial charge is 0.437 e. The highest BCUT2D eigenvalue weighted by Crippen LogP contribution is 2.16. The number of nitrogens with zero attached hydrogens (tertiary/aromatic N) is 5. The highest BCUT2D eigenvalue weighted by atomic mass is 19.1. The quantitative estimate of drug-likeness (QED) is 0.543. The lowest BCUT2D eigenvalue weighted by molar-refractivity contribution is 0.493. The predicted molar refractivity (Wildman–Crippen MR) is 95.6 cm³/mol. The summed E-state index contributed by atoms with van der Waals surface area (Å²) >= 11 is 0. The average Bonchev–Trinajstić information content (AvgIpc) is 3.25. The Balaban J connectivity index is 1.52. The van der Waals surface area contributed by atoms with Gasteiger partial charge in [0.05, 0.1) is 19.3 Å². The van der Waals surface area contributed by atoms with Crippen LogP contribution in [0, 0.1) is 12.7 Å². The molecule has 0 unspecified atom stereocenters. The van der Waals surface area contributed by atoms with Crippen molar-refractivity contribution in [3.63, 3.8) is 0 Å². The molecule has 2 heterocycles. The number of halogens is 1. The molecule has 0 aliphatic heterocycles. The second-order valence-electron chi connectivity index (χ2n) is 6.20. The van der Waals surface area contributed by atoms with Crippen LogP contribution in [0.2, 0.25) is 0 Å². The Kier molecular flexibility index (Phi) is 4.37. The van der Waals surface area contributed by atoms with Gasteiger partial charge in [0.1, 0.15) is 11.5 Å². The molecule has 0 saturated heterocycles. The van der Waals surface area contributed by atoms with Gasteiger partial charge < -0.3 is 4.42 Å². The highest BCUT2D eigenvalue weighted by Gasteiger charge is 2.12. The van der Waals surface area contributed by atoms with E-state index >= 15 is 0 Å². The van der Waals surface area contributed by atoms with Crippen molar-refractivity contribution < 1.29 is 8.81 Å². The summed E-state index contributed by atoms with van der Waals surface area (Å²) in [5, 5.41) is 12.2. The fourth-order valence-electron chi connectivity index (χ4n) is 2.66. The lowest BCUT2D eigenvalue weighted by Crippen LogP contribution is -2.16. The van der Waals surface area contributed by atoms with Crippen LogP contribution in [-0.4, -0.2) is 24.8 Å². The van der Waals surface area contributed by atoms with E-state index in [0.29, 0.717) is 11.3 Å². The normalized spacial score (nSPS) is 11.0. The Morgan fingerprint density at radius 3 is 2.63 bits per heavy atom. The van der Waals surface area contributed by atoms with Gasteiger partial charge in [0.25, 0.3) is 0 Å². The number of aromatic nitrogens is 5. The van der Waals surface area contributed by atoms with Gasteiger partial charge in [0, 0.05) is 11.1 Å². The van der Waals surface area contributed by atoms with Gasteiger partial charge in [0.2, 0.25) is 5.89 Å². The van der Waals surface area contributed by atoms with Gasteiger partial charge in [-0.1, -0.05) is 41.1 Å². The van der Waals surface area contributed by atoms with Crippen molar-refractivity contribution in [2.45, 2.75) is 20.0 Å². The topological polar surface area (TPSA) is 78.7 Å². The number of hydrogen-bond acceptors (Lipinski definition) is 5. The van der Waals surface area contributed by atoms with E-state index in [-0.39, 0.29) is 24.8 Å². The van der Waals surface area contributed by atoms with Crippen LogP contribution < -0.4 is 5.76 Å². The minimum Gasteiger partial charge on any atom is -0.388 e. The Morgan fingerprint density at radius 2 is 1.85 bits per heavy atom. The molecule has 0 atom stereocenters. The fraction of sp³-hybridized carbons (Fsp3) is 0.158. The second-order valence-corrected chi connectivity index (χ2v) is 6.20. The van der Waals surface area contributed by atoms with Crippen LogP contribution in [0.3, 0.4) is 0 Å². The Bertz CT molecular complexity index is 1130. The summed E-state index contributed by atoms with van der Waals surface area (Å²) in [7, 11) is 0. The molecule has 7 nitrogen and oxygen atoms in total. The molecule has 4 aromatic rings. The third-order valence-corrected chi connectivity index (χ3v) is 4.09. The molecular formula is C19H16FN5O2. The van der Waals surface area contributed by atoms with Gasteiger partial charge in [-0.2, -0.15) is 4.68 Å². The van der Waals surface area contributed by atoms with Crippen molar-refractivity contribution in [1.29, 1.82) is 0 Å². The highest BCUT2D eigenvalue weighted by molar-refractivity contribution is 5.52. The first-order valence-corrected chi connectivity index (χ1v) is 8.36. The van der Waals surface area contributed by atoms with Crippen LogP contribution >= 0.6 is 0 Å². The third kappa shape index (κ3) is 3.69. The molecule has 136 valence electrons. The zero-order valence-corrected chi connectivity index (χ0v) is 14.5. The zero-order valence-electron chi connectivity index (χ0n) is 14.5. The molecule has 8 heteroatoms. The molecule has 2 aromatic heterocycles. The lowest BCUT2D eigenvalue weighted by Gasteiger charge is -2.01. The lowest BCUT2D eigenvalue weighted by atomic mass is 10.1. The maximum absolute atomic E-state index is 13.7. The molecule has 4 rings (SSSR count). The zero-order chi connectivity index (χ0) is 18.8. The van der Waals surface area contributed by atoms with E-state index in [9.17, 15) is 9.18 Å². The van der Waals surface area contributed by atoms with E-state index in [1.54, 1.807) is 24.4 Å². The summed E-state index contributed by atoms with van der Waals surface area (Å²) < 4.78 is 21.7. The summed E-state index contributed by atoms with van der Waals surface area (Å²) in [5.74, 6) is -0.627. The number of benzene rings is 2. The van der Waals surface area contributed by atoms with Gasteiger partial charge in [-0.25, -0.2) is 13.9 Å². The average molecular weight is 365 g/mol. The van der Waals surface area contributed by atoms with E-state index in [4.69, 9.17) is 4.42 Å². The van der Waals surface area contributed by atoms with Crippen molar-refractivity contribution in [2.75, 3.05) is 0 Å². The molecule has 0 spiro atoms. The molecule has 0 fully saturated rings. The maximum Gasteiger partial charge on any atom is 0.437 e. The van der Waals surface area contributed by atoms with Crippen LogP contribution in [0.25, 0.3) is 11.5 Å². The summed E-state index contributed by atoms with van der Waals surface area (Å²) in [6.45, 7) is 2.34. The smallest absolute Gasteiger partial charge is 0.388 e. The van der Waals surface area contributed by atoms with Crippen molar-refractivity contribution in [3.05, 3.63) is 87.9 Å². The minimum atomic E-state index is -0.575. The van der Waals surface area contributed by atoms with Gasteiger partial charge in [-0.3, -0.25) is 0 Å². The van der Waals surface area contributed by atoms with Crippen LogP contribution in [0.1, 0.15) is 16.8 Å². The van der Waals surface area contributed by atoms with Gasteiger partial charge in [-0.15, -0.1) is 10.2 Å². The van der Waals surface area contributed by atoms with Crippen LogP contribution in [0.4, 0.5) is 4.39 Å². The van der Waals surface area contributed by atoms with Crippen LogP contribution in [-0.2, 0) is 13.1 Å². The summed E-state index contributed by atoms with van der Waals surface area (Å²) in [5.41, 5.74) is 2.86. The SMILES string of the molecule is Cc1ccc(-c2nn(Cc3cn(Cc4ccccc4F)nn3)c(=O)o2)cc1. The standard InChI is InChI=1S/C19H16FN5O2/c1-13-6-8-14(9-7-13)18-22-25(19(26)27-18)12-16-11-24(23-21-16)10-15-4-2-3-5-17(15)20/h2-9,11H,10,12H2,1H3. The van der Waals surface area contributed by atoms with Gasteiger partial charge >= 0.3 is 5.76 Å². The molecular weight excluding hydrogens is 349 g/mol. The molecule has 0 radical (unpaired) electrons. The molecule has 0 saturated carbocycles. The van der Waals surface area contributed by atoms with Gasteiger partial charge in [0.15, 0.2) is 0 Å². The number of hydrogen-bond donors (Lipinski definition) is 0. The van der Waals surface area contributed by atoms with Crippen molar-refractivity contribution in [1.82, 2.24) is 24.8 Å². The molecule has 0 bridgehead atoms. The van der Waals surface area contributed by atoms with E-state index in [0.717, 1.165) is 11.1 Å². The first kappa shape index (κ1) is 16.9. The molecule has 27 heavy (non-hydrogen) atoms. The summed E-state index contributed by atoms with van der Waals surface area (Å²) in [6.07, 6.45) is 1.65. The van der Waals surface area contributed by atoms with Crippen molar-refractivity contribution in [3.8, 4) is 11.5 Å². The monoisotopic (exact) mass is 365 g/mol. The van der Waals surface area contributed by atoms with Crippen molar-refractivity contribution in [2.24, 2.45) is 0 Å². The Hall–Kier alpha value is -3.55. The number of aryl methyl sites for hydroxylation is 1. The minimum absolute atomic E-state index is 0.117. The Labute approximate surface area is 153 Å². The van der Waals surface area contributed by atoms with Crippen LogP contribution in [0.5, 0.6) is 0 Å². The van der Waals surface area contributed by atoms with E-state index in [1.807, 2.05) is 31.2 Å². The summed E-state index contributed by atoms with van der Waals surface area (Å²) in [6, 6.07) is 14.0. The van der Waals surface area contributed by atoms with E-state index in [1.165, 1.54) is 15.4 Å².